The largest absolute Gasteiger partial charge is 0.392 e. The second kappa shape index (κ2) is 14.6. The zero-order chi connectivity index (χ0) is 33.8. The molecule has 48 heavy (non-hydrogen) atoms. The quantitative estimate of drug-likeness (QED) is 0.163. The molecule has 250 valence electrons. The van der Waals surface area contributed by atoms with Crippen molar-refractivity contribution in [3.63, 3.8) is 0 Å². The number of rotatable bonds is 11. The van der Waals surface area contributed by atoms with Crippen LogP contribution in [0, 0.1) is 5.92 Å². The number of hydrogen-bond donors (Lipinski definition) is 4. The number of allylic oxidation sites excluding steroid dienone is 4. The Morgan fingerprint density at radius 1 is 1.10 bits per heavy atom. The van der Waals surface area contributed by atoms with Crippen LogP contribution in [0.15, 0.2) is 103 Å². The number of likely N-dealkylation sites (N-methyl/N-ethyl adjacent to an activating group) is 1. The maximum atomic E-state index is 6.63. The molecule has 8 nitrogen and oxygen atoms in total. The third-order valence-electron chi connectivity index (χ3n) is 9.72. The first kappa shape index (κ1) is 33.2. The summed E-state index contributed by atoms with van der Waals surface area (Å²) in [4.78, 5) is 14.0. The molecule has 0 saturated carbocycles. The summed E-state index contributed by atoms with van der Waals surface area (Å²) in [6, 6.07) is 15.0. The lowest BCUT2D eigenvalue weighted by atomic mass is 9.88. The highest BCUT2D eigenvalue weighted by molar-refractivity contribution is 6.32. The van der Waals surface area contributed by atoms with Gasteiger partial charge in [-0.3, -0.25) is 0 Å². The van der Waals surface area contributed by atoms with E-state index in [1.807, 2.05) is 7.05 Å². The van der Waals surface area contributed by atoms with Crippen LogP contribution in [0.3, 0.4) is 0 Å². The van der Waals surface area contributed by atoms with Crippen molar-refractivity contribution < 1.29 is 0 Å². The molecular weight excluding hydrogens is 616 g/mol. The average molecular weight is 663 g/mol. The predicted molar refractivity (Wildman–Crippen MR) is 203 cm³/mol. The zero-order valence-electron chi connectivity index (χ0n) is 28.2. The van der Waals surface area contributed by atoms with Gasteiger partial charge in [0.25, 0.3) is 0 Å². The Morgan fingerprint density at radius 3 is 2.77 bits per heavy atom. The molecule has 2 atom stereocenters. The van der Waals surface area contributed by atoms with E-state index in [4.69, 9.17) is 16.6 Å². The molecule has 9 heteroatoms. The summed E-state index contributed by atoms with van der Waals surface area (Å²) in [7, 11) is 3.97. The molecule has 1 aromatic heterocycles. The van der Waals surface area contributed by atoms with Crippen molar-refractivity contribution in [2.24, 2.45) is 5.92 Å². The van der Waals surface area contributed by atoms with Crippen LogP contribution in [-0.2, 0) is 0 Å². The Kier molecular flexibility index (Phi) is 10.1. The summed E-state index contributed by atoms with van der Waals surface area (Å²) >= 11 is 6.63. The molecule has 0 radical (unpaired) electrons. The fraction of sp³-hybridized carbons (Fsp3) is 0.333. The zero-order valence-corrected chi connectivity index (χ0v) is 29.0. The van der Waals surface area contributed by atoms with E-state index in [-0.39, 0.29) is 0 Å². The summed E-state index contributed by atoms with van der Waals surface area (Å²) in [5.41, 5.74) is 10.9. The van der Waals surface area contributed by atoms with E-state index in [1.54, 1.807) is 6.20 Å². The summed E-state index contributed by atoms with van der Waals surface area (Å²) < 4.78 is 0. The van der Waals surface area contributed by atoms with Gasteiger partial charge >= 0.3 is 0 Å². The number of aromatic nitrogens is 2. The van der Waals surface area contributed by atoms with Crippen molar-refractivity contribution in [1.29, 1.82) is 0 Å². The summed E-state index contributed by atoms with van der Waals surface area (Å²) in [5, 5.41) is 14.1. The molecule has 0 aliphatic carbocycles. The van der Waals surface area contributed by atoms with Gasteiger partial charge in [-0.1, -0.05) is 50.0 Å². The summed E-state index contributed by atoms with van der Waals surface area (Å²) in [6.45, 7) is 19.4. The number of nitrogens with one attached hydrogen (secondary N) is 4. The van der Waals surface area contributed by atoms with Crippen LogP contribution in [0.1, 0.15) is 55.6 Å². The Labute approximate surface area is 290 Å². The second-order valence-corrected chi connectivity index (χ2v) is 13.5. The monoisotopic (exact) mass is 662 g/mol. The van der Waals surface area contributed by atoms with E-state index < -0.39 is 0 Å². The highest BCUT2D eigenvalue weighted by Gasteiger charge is 2.24. The number of anilines is 5. The Morgan fingerprint density at radius 2 is 1.96 bits per heavy atom. The van der Waals surface area contributed by atoms with E-state index in [9.17, 15) is 0 Å². The van der Waals surface area contributed by atoms with Gasteiger partial charge in [-0.05, 0) is 92.0 Å². The first-order valence-corrected chi connectivity index (χ1v) is 17.2. The van der Waals surface area contributed by atoms with Crippen molar-refractivity contribution in [3.8, 4) is 0 Å². The maximum Gasteiger partial charge on any atom is 0.227 e. The first-order valence-electron chi connectivity index (χ1n) is 16.8. The summed E-state index contributed by atoms with van der Waals surface area (Å²) in [5.74, 6) is 2.06. The lowest BCUT2D eigenvalue weighted by Gasteiger charge is -2.33. The fourth-order valence-corrected chi connectivity index (χ4v) is 6.96. The van der Waals surface area contributed by atoms with E-state index in [0.29, 0.717) is 28.6 Å². The Bertz CT molecular complexity index is 1760. The van der Waals surface area contributed by atoms with Crippen LogP contribution < -0.4 is 31.1 Å². The van der Waals surface area contributed by atoms with Crippen LogP contribution in [0.2, 0.25) is 5.02 Å². The van der Waals surface area contributed by atoms with Crippen LogP contribution in [0.5, 0.6) is 0 Å². The number of piperidine rings is 2. The molecule has 2 fully saturated rings. The Balaban J connectivity index is 1.11. The van der Waals surface area contributed by atoms with E-state index in [0.717, 1.165) is 104 Å². The number of nitrogens with zero attached hydrogens (tertiary/aromatic N) is 4. The van der Waals surface area contributed by atoms with Gasteiger partial charge in [0.05, 0.1) is 6.20 Å². The minimum Gasteiger partial charge on any atom is -0.392 e. The average Bonchev–Trinajstić information content (AvgIpc) is 3.09. The van der Waals surface area contributed by atoms with Crippen LogP contribution in [-0.4, -0.2) is 43.7 Å². The molecule has 3 aliphatic heterocycles. The second-order valence-electron chi connectivity index (χ2n) is 13.1. The highest BCUT2D eigenvalue weighted by atomic mass is 35.5. The molecular formula is C39H47ClN8. The topological polar surface area (TPSA) is 80.4 Å². The van der Waals surface area contributed by atoms with Crippen molar-refractivity contribution in [2.75, 3.05) is 54.2 Å². The number of hydrogen-bond acceptors (Lipinski definition) is 8. The molecule has 0 amide bonds. The molecule has 2 saturated heterocycles. The molecule has 3 aliphatic rings. The highest BCUT2D eigenvalue weighted by Crippen LogP contribution is 2.38. The lowest BCUT2D eigenvalue weighted by Crippen LogP contribution is -2.39. The van der Waals surface area contributed by atoms with Crippen LogP contribution in [0.25, 0.3) is 6.08 Å². The van der Waals surface area contributed by atoms with Crippen molar-refractivity contribution in [3.05, 3.63) is 119 Å². The van der Waals surface area contributed by atoms with E-state index >= 15 is 0 Å². The van der Waals surface area contributed by atoms with Gasteiger partial charge in [-0.2, -0.15) is 4.98 Å². The molecule has 0 bridgehead atoms. The minimum absolute atomic E-state index is 0.304. The number of halogens is 1. The third kappa shape index (κ3) is 7.55. The van der Waals surface area contributed by atoms with Gasteiger partial charge in [0.1, 0.15) is 5.02 Å². The van der Waals surface area contributed by atoms with Gasteiger partial charge in [-0.25, -0.2) is 4.98 Å². The molecule has 4 N–H and O–H groups in total. The molecule has 3 aromatic rings. The molecule has 2 unspecified atom stereocenters. The third-order valence-corrected chi connectivity index (χ3v) is 9.99. The van der Waals surface area contributed by atoms with Gasteiger partial charge in [0, 0.05) is 85.1 Å². The number of benzene rings is 2. The fourth-order valence-electron chi connectivity index (χ4n) is 6.82. The minimum atomic E-state index is 0.304. The normalized spacial score (nSPS) is 19.3. The first-order chi connectivity index (χ1) is 23.2. The Hall–Kier alpha value is -4.69. The molecule has 0 spiro atoms. The summed E-state index contributed by atoms with van der Waals surface area (Å²) in [6.07, 6.45) is 9.89. The SMILES string of the molecule is C=C(CCC1=Cc2cc(Nc3nc(N4CCCC(CNc5cccc(C6CCC(=C)NC6=C)c5)C4)ncc3Cl)ccc2N(C)C1=C)NC. The predicted octanol–water partition coefficient (Wildman–Crippen LogP) is 8.56. The molecule has 2 aromatic carbocycles. The lowest BCUT2D eigenvalue weighted by molar-refractivity contribution is 0.428. The molecule has 4 heterocycles. The van der Waals surface area contributed by atoms with E-state index in [2.05, 4.69) is 118 Å². The smallest absolute Gasteiger partial charge is 0.227 e. The van der Waals surface area contributed by atoms with Crippen molar-refractivity contribution in [1.82, 2.24) is 20.6 Å². The van der Waals surface area contributed by atoms with Crippen molar-refractivity contribution >= 4 is 46.5 Å². The van der Waals surface area contributed by atoms with Gasteiger partial charge in [0.15, 0.2) is 5.82 Å². The van der Waals surface area contributed by atoms with Gasteiger partial charge < -0.3 is 31.1 Å². The van der Waals surface area contributed by atoms with Crippen LogP contribution in [0.4, 0.5) is 28.8 Å². The number of fused-ring (bicyclic) bond motifs is 1. The molecule has 6 rings (SSSR count). The van der Waals surface area contributed by atoms with Gasteiger partial charge in [-0.15, -0.1) is 0 Å². The van der Waals surface area contributed by atoms with Gasteiger partial charge in [0.2, 0.25) is 5.95 Å². The van der Waals surface area contributed by atoms with Crippen LogP contribution >= 0.6 is 11.6 Å². The maximum absolute atomic E-state index is 6.63. The van der Waals surface area contributed by atoms with E-state index in [1.165, 1.54) is 11.1 Å². The standard InChI is InChI=1S/C39H47ClN8/c1-25(41-5)12-14-30-19-32-21-34(15-17-37(32)47(6)28(30)4)45-38-36(40)23-43-39(46-38)48-18-8-9-29(24-48)22-42-33-11-7-10-31(20-33)35-16-13-26(2)44-27(35)3/h7,10-11,15,17,19-21,23,29,35,41-42,44H,1-4,8-9,12-14,16,18,22,24H2,5-6H3,(H,43,45,46). The van der Waals surface area contributed by atoms with Crippen molar-refractivity contribution in [2.45, 2.75) is 44.4 Å².